The van der Waals surface area contributed by atoms with E-state index in [0.29, 0.717) is 34.7 Å². The minimum atomic E-state index is -0.224. The fourth-order valence-electron chi connectivity index (χ4n) is 5.47. The molecule has 5 aromatic rings. The van der Waals surface area contributed by atoms with Crippen LogP contribution in [-0.4, -0.2) is 50.5 Å². The van der Waals surface area contributed by atoms with Gasteiger partial charge in [0.2, 0.25) is 5.89 Å². The third kappa shape index (κ3) is 5.27. The van der Waals surface area contributed by atoms with Crippen molar-refractivity contribution >= 4 is 51.4 Å². The first-order chi connectivity index (χ1) is 20.7. The third-order valence-corrected chi connectivity index (χ3v) is 9.75. The number of thioether (sulfide) groups is 1. The van der Waals surface area contributed by atoms with Crippen molar-refractivity contribution in [3.8, 4) is 28.7 Å². The molecule has 0 bridgehead atoms. The molecule has 6 rings (SSSR count). The van der Waals surface area contributed by atoms with Gasteiger partial charge in [0.05, 0.1) is 16.2 Å². The van der Waals surface area contributed by atoms with Crippen molar-refractivity contribution in [1.29, 1.82) is 5.26 Å². The highest BCUT2D eigenvalue weighted by Gasteiger charge is 2.26. The van der Waals surface area contributed by atoms with Crippen LogP contribution in [0.5, 0.6) is 0 Å². The summed E-state index contributed by atoms with van der Waals surface area (Å²) in [4.78, 5) is 37.5. The number of nitrogens with zero attached hydrogens (tertiary/aromatic N) is 5. The molecule has 1 amide bonds. The lowest BCUT2D eigenvalue weighted by Gasteiger charge is -2.21. The van der Waals surface area contributed by atoms with E-state index in [1.54, 1.807) is 17.8 Å². The van der Waals surface area contributed by atoms with Crippen LogP contribution in [-0.2, 0) is 20.0 Å². The molecule has 4 heterocycles. The SMILES string of the molecule is Cc1c(-c2nc3cc(C=O)cc(C#N)c3o2)cccc1-c1csc(NC(=O)c2nc3c(n2C)CCN(C)C3)c1SC(C)C. The number of anilines is 1. The predicted octanol–water partition coefficient (Wildman–Crippen LogP) is 6.69. The average molecular weight is 611 g/mol. The lowest BCUT2D eigenvalue weighted by molar-refractivity contribution is 0.101. The molecule has 9 nitrogen and oxygen atoms in total. The van der Waals surface area contributed by atoms with Crippen molar-refractivity contribution in [2.75, 3.05) is 18.9 Å². The van der Waals surface area contributed by atoms with Crippen molar-refractivity contribution in [2.45, 2.75) is 43.9 Å². The Hall–Kier alpha value is -4.24. The summed E-state index contributed by atoms with van der Waals surface area (Å²) in [6.45, 7) is 7.95. The topological polar surface area (TPSA) is 117 Å². The molecule has 0 fully saturated rings. The number of rotatable bonds is 7. The minimum absolute atomic E-state index is 0.224. The highest BCUT2D eigenvalue weighted by Crippen LogP contribution is 2.46. The predicted molar refractivity (Wildman–Crippen MR) is 170 cm³/mol. The summed E-state index contributed by atoms with van der Waals surface area (Å²) in [5, 5.41) is 15.9. The second kappa shape index (κ2) is 11.4. The number of hydrogen-bond donors (Lipinski definition) is 1. The van der Waals surface area contributed by atoms with Crippen LogP contribution in [0.25, 0.3) is 33.7 Å². The third-order valence-electron chi connectivity index (χ3n) is 7.60. The number of nitriles is 1. The van der Waals surface area contributed by atoms with E-state index in [2.05, 4.69) is 47.5 Å². The number of aromatic nitrogens is 3. The molecule has 0 radical (unpaired) electrons. The average Bonchev–Trinajstić information content (AvgIpc) is 3.67. The molecule has 0 aliphatic carbocycles. The van der Waals surface area contributed by atoms with Gasteiger partial charge in [-0.3, -0.25) is 9.59 Å². The molecule has 3 aromatic heterocycles. The molecule has 0 saturated carbocycles. The quantitative estimate of drug-likeness (QED) is 0.160. The van der Waals surface area contributed by atoms with Crippen molar-refractivity contribution in [2.24, 2.45) is 7.05 Å². The number of aldehydes is 1. The van der Waals surface area contributed by atoms with Gasteiger partial charge < -0.3 is 19.2 Å². The molecule has 0 saturated heterocycles. The standard InChI is InChI=1S/C32H30N6O3S2/c1-17(2)43-28-23(16-42-32(28)36-30(40)29-34-25-14-37(4)10-9-26(25)38(29)5)21-7-6-8-22(18(21)3)31-35-24-12-19(15-39)11-20(13-33)27(24)41-31/h6-8,11-12,15-17H,9-10,14H2,1-5H3,(H,36,40). The van der Waals surface area contributed by atoms with E-state index in [0.717, 1.165) is 63.0 Å². The maximum Gasteiger partial charge on any atom is 0.292 e. The summed E-state index contributed by atoms with van der Waals surface area (Å²) >= 11 is 3.19. The van der Waals surface area contributed by atoms with E-state index in [9.17, 15) is 14.9 Å². The van der Waals surface area contributed by atoms with E-state index >= 15 is 0 Å². The van der Waals surface area contributed by atoms with Crippen LogP contribution in [0.15, 0.2) is 45.0 Å². The van der Waals surface area contributed by atoms with E-state index in [1.807, 2.05) is 36.7 Å². The van der Waals surface area contributed by atoms with Crippen molar-refractivity contribution < 1.29 is 14.0 Å². The van der Waals surface area contributed by atoms with Crippen LogP contribution in [0.3, 0.4) is 0 Å². The fraction of sp³-hybridized carbons (Fsp3) is 0.281. The van der Waals surface area contributed by atoms with Gasteiger partial charge in [-0.15, -0.1) is 23.1 Å². The van der Waals surface area contributed by atoms with Gasteiger partial charge in [0.1, 0.15) is 22.9 Å². The van der Waals surface area contributed by atoms with Crippen LogP contribution in [0.2, 0.25) is 0 Å². The van der Waals surface area contributed by atoms with E-state index in [1.165, 1.54) is 17.4 Å². The van der Waals surface area contributed by atoms with Gasteiger partial charge in [0.15, 0.2) is 11.4 Å². The van der Waals surface area contributed by atoms with Gasteiger partial charge in [-0.2, -0.15) is 5.26 Å². The minimum Gasteiger partial charge on any atom is -0.435 e. The van der Waals surface area contributed by atoms with E-state index in [4.69, 9.17) is 9.40 Å². The molecular formula is C32H30N6O3S2. The second-order valence-electron chi connectivity index (χ2n) is 10.9. The number of oxazole rings is 1. The Morgan fingerprint density at radius 2 is 2.00 bits per heavy atom. The summed E-state index contributed by atoms with van der Waals surface area (Å²) < 4.78 is 8.00. The lowest BCUT2D eigenvalue weighted by Crippen LogP contribution is -2.27. The number of benzene rings is 2. The van der Waals surface area contributed by atoms with Gasteiger partial charge in [-0.25, -0.2) is 9.97 Å². The summed E-state index contributed by atoms with van der Waals surface area (Å²) in [6, 6.07) is 11.2. The molecule has 1 aliphatic rings. The summed E-state index contributed by atoms with van der Waals surface area (Å²) in [5.41, 5.74) is 7.25. The van der Waals surface area contributed by atoms with Crippen molar-refractivity contribution in [1.82, 2.24) is 19.4 Å². The van der Waals surface area contributed by atoms with Gasteiger partial charge in [-0.1, -0.05) is 26.0 Å². The maximum atomic E-state index is 13.5. The Balaban J connectivity index is 1.38. The van der Waals surface area contributed by atoms with Crippen LogP contribution >= 0.6 is 23.1 Å². The summed E-state index contributed by atoms with van der Waals surface area (Å²) in [7, 11) is 3.98. The van der Waals surface area contributed by atoms with Gasteiger partial charge in [-0.05, 0) is 43.3 Å². The number of thiophene rings is 1. The first-order valence-electron chi connectivity index (χ1n) is 13.9. The van der Waals surface area contributed by atoms with Crippen LogP contribution in [0.4, 0.5) is 5.00 Å². The Morgan fingerprint density at radius 3 is 2.74 bits per heavy atom. The van der Waals surface area contributed by atoms with Gasteiger partial charge in [0, 0.05) is 59.6 Å². The van der Waals surface area contributed by atoms with E-state index in [-0.39, 0.29) is 16.7 Å². The monoisotopic (exact) mass is 610 g/mol. The van der Waals surface area contributed by atoms with Gasteiger partial charge in [0.25, 0.3) is 5.91 Å². The maximum absolute atomic E-state index is 13.5. The Labute approximate surface area is 257 Å². The smallest absolute Gasteiger partial charge is 0.292 e. The summed E-state index contributed by atoms with van der Waals surface area (Å²) in [6.07, 6.45) is 1.56. The van der Waals surface area contributed by atoms with Crippen LogP contribution in [0, 0.1) is 18.3 Å². The normalized spacial score (nSPS) is 13.3. The zero-order valence-electron chi connectivity index (χ0n) is 24.5. The molecule has 0 unspecified atom stereocenters. The number of hydrogen-bond acceptors (Lipinski definition) is 9. The molecule has 1 aliphatic heterocycles. The summed E-state index contributed by atoms with van der Waals surface area (Å²) in [5.74, 6) is 0.568. The molecule has 1 N–H and O–H groups in total. The lowest BCUT2D eigenvalue weighted by atomic mass is 9.98. The highest BCUT2D eigenvalue weighted by atomic mass is 32.2. The number of nitrogens with one attached hydrogen (secondary N) is 1. The van der Waals surface area contributed by atoms with Crippen LogP contribution < -0.4 is 5.32 Å². The number of fused-ring (bicyclic) bond motifs is 2. The molecule has 11 heteroatoms. The Kier molecular flexibility index (Phi) is 7.68. The van der Waals surface area contributed by atoms with Crippen molar-refractivity contribution in [3.05, 3.63) is 69.6 Å². The number of amides is 1. The Morgan fingerprint density at radius 1 is 1.21 bits per heavy atom. The number of imidazole rings is 1. The molecule has 2 aromatic carbocycles. The van der Waals surface area contributed by atoms with E-state index < -0.39 is 0 Å². The van der Waals surface area contributed by atoms with Gasteiger partial charge >= 0.3 is 0 Å². The number of carbonyl (C=O) groups is 2. The molecule has 0 atom stereocenters. The largest absolute Gasteiger partial charge is 0.435 e. The first-order valence-corrected chi connectivity index (χ1v) is 15.7. The molecular weight excluding hydrogens is 581 g/mol. The molecule has 0 spiro atoms. The fourth-order valence-corrected chi connectivity index (χ4v) is 7.61. The van der Waals surface area contributed by atoms with Crippen LogP contribution in [0.1, 0.15) is 57.3 Å². The highest BCUT2D eigenvalue weighted by molar-refractivity contribution is 8.00. The first kappa shape index (κ1) is 28.9. The molecule has 218 valence electrons. The molecule has 43 heavy (non-hydrogen) atoms. The Bertz CT molecular complexity index is 1940. The van der Waals surface area contributed by atoms with Crippen molar-refractivity contribution in [3.63, 3.8) is 0 Å². The second-order valence-corrected chi connectivity index (χ2v) is 13.4. The zero-order chi connectivity index (χ0) is 30.4. The zero-order valence-corrected chi connectivity index (χ0v) is 26.2. The number of carbonyl (C=O) groups excluding carboxylic acids is 2. The number of likely N-dealkylation sites (N-methyl/N-ethyl adjacent to an activating group) is 1.